The second-order valence-corrected chi connectivity index (χ2v) is 5.44. The van der Waals surface area contributed by atoms with Crippen LogP contribution in [0.15, 0.2) is 18.3 Å². The number of aryl methyl sites for hydroxylation is 1. The lowest BCUT2D eigenvalue weighted by Gasteiger charge is -2.20. The predicted octanol–water partition coefficient (Wildman–Crippen LogP) is 2.76. The molecule has 2 aliphatic rings. The third-order valence-electron chi connectivity index (χ3n) is 4.33. The van der Waals surface area contributed by atoms with Crippen molar-refractivity contribution in [3.05, 3.63) is 23.9 Å². The van der Waals surface area contributed by atoms with Gasteiger partial charge >= 0.3 is 0 Å². The van der Waals surface area contributed by atoms with Crippen molar-refractivity contribution in [2.24, 2.45) is 17.8 Å². The molecular weight excluding hydrogens is 212 g/mol. The van der Waals surface area contributed by atoms with Crippen molar-refractivity contribution in [1.29, 1.82) is 0 Å². The van der Waals surface area contributed by atoms with Gasteiger partial charge in [0.15, 0.2) is 0 Å². The van der Waals surface area contributed by atoms with Crippen LogP contribution in [0.3, 0.4) is 0 Å². The Morgan fingerprint density at radius 1 is 1.41 bits per heavy atom. The molecule has 3 unspecified atom stereocenters. The summed E-state index contributed by atoms with van der Waals surface area (Å²) in [5, 5.41) is 2.99. The van der Waals surface area contributed by atoms with Gasteiger partial charge in [-0.3, -0.25) is 4.79 Å². The van der Waals surface area contributed by atoms with Crippen LogP contribution in [0.25, 0.3) is 0 Å². The fourth-order valence-electron chi connectivity index (χ4n) is 3.39. The average molecular weight is 230 g/mol. The molecule has 3 rings (SSSR count). The first-order chi connectivity index (χ1) is 8.24. The van der Waals surface area contributed by atoms with E-state index in [9.17, 15) is 4.79 Å². The second kappa shape index (κ2) is 4.13. The summed E-state index contributed by atoms with van der Waals surface area (Å²) in [4.78, 5) is 16.4. The Balaban J connectivity index is 1.70. The van der Waals surface area contributed by atoms with Gasteiger partial charge in [-0.05, 0) is 49.7 Å². The SMILES string of the molecule is Cc1cccnc1NC(=O)C1CC2CCC1C2. The molecule has 1 aromatic heterocycles. The molecule has 2 fully saturated rings. The highest BCUT2D eigenvalue weighted by molar-refractivity contribution is 5.92. The molecule has 2 saturated carbocycles. The zero-order valence-electron chi connectivity index (χ0n) is 10.1. The monoisotopic (exact) mass is 230 g/mol. The van der Waals surface area contributed by atoms with Crippen molar-refractivity contribution in [2.45, 2.75) is 32.6 Å². The van der Waals surface area contributed by atoms with Gasteiger partial charge in [0.05, 0.1) is 0 Å². The standard InChI is InChI=1S/C14H18N2O/c1-9-3-2-6-15-13(9)16-14(17)12-8-10-4-5-11(12)7-10/h2-3,6,10-12H,4-5,7-8H2,1H3,(H,15,16,17). The van der Waals surface area contributed by atoms with Gasteiger partial charge in [0.25, 0.3) is 0 Å². The first-order valence-corrected chi connectivity index (χ1v) is 6.46. The molecule has 1 heterocycles. The molecule has 0 aliphatic heterocycles. The third kappa shape index (κ3) is 1.94. The number of fused-ring (bicyclic) bond motifs is 2. The minimum absolute atomic E-state index is 0.180. The molecule has 3 nitrogen and oxygen atoms in total. The molecular formula is C14H18N2O. The maximum atomic E-state index is 12.2. The van der Waals surface area contributed by atoms with Crippen molar-refractivity contribution in [3.63, 3.8) is 0 Å². The minimum atomic E-state index is 0.180. The zero-order valence-corrected chi connectivity index (χ0v) is 10.1. The van der Waals surface area contributed by atoms with Crippen LogP contribution in [0, 0.1) is 24.7 Å². The Labute approximate surface area is 102 Å². The number of pyridine rings is 1. The summed E-state index contributed by atoms with van der Waals surface area (Å²) in [5.41, 5.74) is 1.03. The lowest BCUT2D eigenvalue weighted by molar-refractivity contribution is -0.121. The number of nitrogens with zero attached hydrogens (tertiary/aromatic N) is 1. The summed E-state index contributed by atoms with van der Waals surface area (Å²) >= 11 is 0. The van der Waals surface area contributed by atoms with E-state index in [0.29, 0.717) is 5.92 Å². The van der Waals surface area contributed by atoms with Gasteiger partial charge in [-0.2, -0.15) is 0 Å². The molecule has 1 amide bonds. The van der Waals surface area contributed by atoms with E-state index < -0.39 is 0 Å². The Kier molecular flexibility index (Phi) is 2.61. The number of anilines is 1. The van der Waals surface area contributed by atoms with Crippen molar-refractivity contribution in [3.8, 4) is 0 Å². The van der Waals surface area contributed by atoms with Crippen LogP contribution in [0.1, 0.15) is 31.2 Å². The highest BCUT2D eigenvalue weighted by atomic mass is 16.2. The molecule has 17 heavy (non-hydrogen) atoms. The summed E-state index contributed by atoms with van der Waals surface area (Å²) in [5.74, 6) is 2.57. The minimum Gasteiger partial charge on any atom is -0.310 e. The van der Waals surface area contributed by atoms with E-state index in [-0.39, 0.29) is 11.8 Å². The highest BCUT2D eigenvalue weighted by Crippen LogP contribution is 2.48. The molecule has 90 valence electrons. The van der Waals surface area contributed by atoms with Gasteiger partial charge in [0.1, 0.15) is 5.82 Å². The first kappa shape index (κ1) is 10.8. The topological polar surface area (TPSA) is 42.0 Å². The fourth-order valence-corrected chi connectivity index (χ4v) is 3.39. The lowest BCUT2D eigenvalue weighted by atomic mass is 9.88. The molecule has 0 radical (unpaired) electrons. The highest BCUT2D eigenvalue weighted by Gasteiger charge is 2.43. The molecule has 0 spiro atoms. The number of rotatable bonds is 2. The van der Waals surface area contributed by atoms with E-state index in [0.717, 1.165) is 23.7 Å². The number of nitrogens with one attached hydrogen (secondary N) is 1. The van der Waals surface area contributed by atoms with Crippen molar-refractivity contribution >= 4 is 11.7 Å². The molecule has 1 N–H and O–H groups in total. The Morgan fingerprint density at radius 3 is 2.94 bits per heavy atom. The number of hydrogen-bond acceptors (Lipinski definition) is 2. The smallest absolute Gasteiger partial charge is 0.228 e. The van der Waals surface area contributed by atoms with Gasteiger partial charge in [0.2, 0.25) is 5.91 Å². The van der Waals surface area contributed by atoms with Crippen LogP contribution in [-0.4, -0.2) is 10.9 Å². The molecule has 3 atom stereocenters. The van der Waals surface area contributed by atoms with E-state index >= 15 is 0 Å². The lowest BCUT2D eigenvalue weighted by Crippen LogP contribution is -2.27. The van der Waals surface area contributed by atoms with Gasteiger partial charge in [-0.25, -0.2) is 4.98 Å². The largest absolute Gasteiger partial charge is 0.310 e. The quantitative estimate of drug-likeness (QED) is 0.848. The average Bonchev–Trinajstić information content (AvgIpc) is 2.94. The normalized spacial score (nSPS) is 30.5. The molecule has 2 aliphatic carbocycles. The number of carbonyl (C=O) groups excluding carboxylic acids is 1. The van der Waals surface area contributed by atoms with Gasteiger partial charge in [-0.15, -0.1) is 0 Å². The first-order valence-electron chi connectivity index (χ1n) is 6.46. The molecule has 1 aromatic rings. The van der Waals surface area contributed by atoms with Crippen LogP contribution >= 0.6 is 0 Å². The zero-order chi connectivity index (χ0) is 11.8. The van der Waals surface area contributed by atoms with E-state index in [1.54, 1.807) is 6.20 Å². The Bertz CT molecular complexity index is 444. The van der Waals surface area contributed by atoms with Gasteiger partial charge in [-0.1, -0.05) is 12.5 Å². The third-order valence-corrected chi connectivity index (χ3v) is 4.33. The van der Waals surface area contributed by atoms with Gasteiger partial charge < -0.3 is 5.32 Å². The number of aromatic nitrogens is 1. The number of amides is 1. The fraction of sp³-hybridized carbons (Fsp3) is 0.571. The van der Waals surface area contributed by atoms with E-state index in [2.05, 4.69) is 10.3 Å². The summed E-state index contributed by atoms with van der Waals surface area (Å²) < 4.78 is 0. The van der Waals surface area contributed by atoms with Crippen LogP contribution < -0.4 is 5.32 Å². The van der Waals surface area contributed by atoms with E-state index in [1.165, 1.54) is 19.3 Å². The van der Waals surface area contributed by atoms with E-state index in [1.807, 2.05) is 19.1 Å². The molecule has 2 bridgehead atoms. The Morgan fingerprint density at radius 2 is 2.29 bits per heavy atom. The summed E-state index contributed by atoms with van der Waals surface area (Å²) in [6.45, 7) is 1.98. The van der Waals surface area contributed by atoms with Crippen LogP contribution in [0.4, 0.5) is 5.82 Å². The molecule has 0 saturated heterocycles. The maximum Gasteiger partial charge on any atom is 0.228 e. The van der Waals surface area contributed by atoms with Gasteiger partial charge in [0, 0.05) is 12.1 Å². The van der Waals surface area contributed by atoms with Crippen LogP contribution in [0.2, 0.25) is 0 Å². The summed E-state index contributed by atoms with van der Waals surface area (Å²) in [7, 11) is 0. The second-order valence-electron chi connectivity index (χ2n) is 5.44. The maximum absolute atomic E-state index is 12.2. The van der Waals surface area contributed by atoms with Crippen LogP contribution in [-0.2, 0) is 4.79 Å². The predicted molar refractivity (Wildman–Crippen MR) is 66.5 cm³/mol. The Hall–Kier alpha value is -1.38. The van der Waals surface area contributed by atoms with Crippen LogP contribution in [0.5, 0.6) is 0 Å². The van der Waals surface area contributed by atoms with Crippen molar-refractivity contribution in [1.82, 2.24) is 4.98 Å². The summed E-state index contributed by atoms with van der Waals surface area (Å²) in [6.07, 6.45) is 6.64. The van der Waals surface area contributed by atoms with Crippen molar-refractivity contribution in [2.75, 3.05) is 5.32 Å². The number of carbonyl (C=O) groups is 1. The summed E-state index contributed by atoms with van der Waals surface area (Å²) in [6, 6.07) is 3.87. The molecule has 3 heteroatoms. The van der Waals surface area contributed by atoms with Crippen molar-refractivity contribution < 1.29 is 4.79 Å². The molecule has 0 aromatic carbocycles. The number of hydrogen-bond donors (Lipinski definition) is 1. The van der Waals surface area contributed by atoms with E-state index in [4.69, 9.17) is 0 Å².